The Hall–Kier alpha value is -3.86. The fourth-order valence-corrected chi connectivity index (χ4v) is 4.38. The molecule has 6 rings (SSSR count). The third kappa shape index (κ3) is 4.12. The van der Waals surface area contributed by atoms with E-state index in [0.29, 0.717) is 52.9 Å². The number of fused-ring (bicyclic) bond motifs is 2. The maximum absolute atomic E-state index is 12.5. The average Bonchev–Trinajstić information content (AvgIpc) is 3.46. The minimum Gasteiger partial charge on any atom is -0.378 e. The molecule has 5 heterocycles. The Morgan fingerprint density at radius 2 is 2.11 bits per heavy atom. The van der Waals surface area contributed by atoms with Gasteiger partial charge in [-0.2, -0.15) is 0 Å². The van der Waals surface area contributed by atoms with Crippen LogP contribution in [0.1, 0.15) is 23.0 Å². The zero-order chi connectivity index (χ0) is 25.7. The van der Waals surface area contributed by atoms with Gasteiger partial charge in [-0.15, -0.1) is 15.3 Å². The zero-order valence-electron chi connectivity index (χ0n) is 21.5. The van der Waals surface area contributed by atoms with Crippen molar-refractivity contribution in [2.45, 2.75) is 20.3 Å². The third-order valence-corrected chi connectivity index (χ3v) is 6.50. The van der Waals surface area contributed by atoms with Crippen molar-refractivity contribution in [1.29, 1.82) is 0 Å². The van der Waals surface area contributed by atoms with Crippen LogP contribution in [0.25, 0.3) is 27.9 Å². The summed E-state index contributed by atoms with van der Waals surface area (Å²) in [4.78, 5) is 23.9. The van der Waals surface area contributed by atoms with E-state index in [2.05, 4.69) is 30.7 Å². The van der Waals surface area contributed by atoms with E-state index in [1.54, 1.807) is 16.8 Å². The monoisotopic (exact) mass is 475 g/mol. The molecule has 2 aliphatic rings. The summed E-state index contributed by atoms with van der Waals surface area (Å²) in [5.74, 6) is 1.25. The molecule has 1 saturated heterocycles. The molecule has 1 saturated carbocycles. The Balaban J connectivity index is 1.41. The molecule has 11 heteroatoms. The number of morpholine rings is 1. The summed E-state index contributed by atoms with van der Waals surface area (Å²) < 4.78 is 23.0. The molecule has 0 unspecified atom stereocenters. The standard InChI is InChI=1S/C24H27N9O2/c1-3-25-23-21-17(11-19(29-30-21)27-24(34)16-10-14(16)2)18(12-26-23)22-28-20-5-4-15(13-33(20)31-22)32-6-8-35-9-7-32/h4-5,11-14,16H,3,6-10H2,1-2H3,(H,25,26)(H,27,29,34)/t14-,16+/m1/s1/i3D2. The van der Waals surface area contributed by atoms with Crippen molar-refractivity contribution in [1.82, 2.24) is 29.8 Å². The number of carbonyl (C=O) groups is 1. The molecule has 0 aromatic carbocycles. The van der Waals surface area contributed by atoms with Crippen LogP contribution in [0.3, 0.4) is 0 Å². The topological polar surface area (TPSA) is 122 Å². The molecule has 4 aromatic heterocycles. The summed E-state index contributed by atoms with van der Waals surface area (Å²) in [5, 5.41) is 19.4. The van der Waals surface area contributed by atoms with Crippen molar-refractivity contribution in [3.8, 4) is 11.4 Å². The van der Waals surface area contributed by atoms with Crippen molar-refractivity contribution < 1.29 is 12.3 Å². The normalized spacial score (nSPS) is 21.0. The van der Waals surface area contributed by atoms with Gasteiger partial charge in [-0.25, -0.2) is 14.5 Å². The molecule has 35 heavy (non-hydrogen) atoms. The Labute approximate surface area is 204 Å². The molecule has 180 valence electrons. The molecule has 2 atom stereocenters. The van der Waals surface area contributed by atoms with E-state index in [9.17, 15) is 4.79 Å². The van der Waals surface area contributed by atoms with Crippen LogP contribution in [0.5, 0.6) is 0 Å². The van der Waals surface area contributed by atoms with Gasteiger partial charge in [0.2, 0.25) is 5.91 Å². The van der Waals surface area contributed by atoms with Gasteiger partial charge in [0.05, 0.1) is 25.1 Å². The average molecular weight is 476 g/mol. The van der Waals surface area contributed by atoms with Crippen molar-refractivity contribution in [2.75, 3.05) is 48.3 Å². The highest BCUT2D eigenvalue weighted by Gasteiger charge is 2.39. The summed E-state index contributed by atoms with van der Waals surface area (Å²) >= 11 is 0. The molecule has 1 amide bonds. The van der Waals surface area contributed by atoms with E-state index in [4.69, 9.17) is 17.6 Å². The van der Waals surface area contributed by atoms with Gasteiger partial charge in [0, 0.05) is 45.4 Å². The van der Waals surface area contributed by atoms with E-state index in [1.165, 1.54) is 6.92 Å². The largest absolute Gasteiger partial charge is 0.378 e. The predicted octanol–water partition coefficient (Wildman–Crippen LogP) is 2.60. The van der Waals surface area contributed by atoms with Crippen LogP contribution >= 0.6 is 0 Å². The SMILES string of the molecule is [2H]C([2H])(C)Nc1ncc(-c2nc3ccc(N4CCOCC4)cn3n2)c2cc(NC(=O)[C@H]3C[C@H]3C)nnc12. The lowest BCUT2D eigenvalue weighted by Crippen LogP contribution is -2.36. The molecule has 0 bridgehead atoms. The predicted molar refractivity (Wildman–Crippen MR) is 132 cm³/mol. The van der Waals surface area contributed by atoms with Gasteiger partial charge >= 0.3 is 0 Å². The first kappa shape index (κ1) is 19.4. The number of carbonyl (C=O) groups excluding carboxylic acids is 1. The molecule has 0 spiro atoms. The van der Waals surface area contributed by atoms with Crippen LogP contribution in [-0.2, 0) is 9.53 Å². The lowest BCUT2D eigenvalue weighted by atomic mass is 10.1. The summed E-state index contributed by atoms with van der Waals surface area (Å²) in [6.07, 6.45) is 4.39. The number of anilines is 3. The molecule has 4 aromatic rings. The van der Waals surface area contributed by atoms with E-state index < -0.39 is 6.50 Å². The van der Waals surface area contributed by atoms with Crippen LogP contribution in [-0.4, -0.2) is 68.5 Å². The number of pyridine rings is 2. The van der Waals surface area contributed by atoms with Crippen LogP contribution in [0.15, 0.2) is 30.6 Å². The van der Waals surface area contributed by atoms with Crippen LogP contribution in [0.2, 0.25) is 0 Å². The minimum absolute atomic E-state index is 0.0141. The van der Waals surface area contributed by atoms with E-state index in [1.807, 2.05) is 25.3 Å². The Morgan fingerprint density at radius 1 is 1.29 bits per heavy atom. The highest BCUT2D eigenvalue weighted by molar-refractivity contribution is 6.01. The van der Waals surface area contributed by atoms with Gasteiger partial charge < -0.3 is 20.3 Å². The van der Waals surface area contributed by atoms with Gasteiger partial charge in [-0.05, 0) is 37.5 Å². The Bertz CT molecular complexity index is 1500. The van der Waals surface area contributed by atoms with Crippen molar-refractivity contribution >= 4 is 39.8 Å². The molecule has 2 fully saturated rings. The first-order valence-corrected chi connectivity index (χ1v) is 11.7. The van der Waals surface area contributed by atoms with E-state index in [0.717, 1.165) is 25.2 Å². The lowest BCUT2D eigenvalue weighted by Gasteiger charge is -2.28. The second kappa shape index (κ2) is 8.73. The molecule has 11 nitrogen and oxygen atoms in total. The molecular formula is C24H27N9O2. The zero-order valence-corrected chi connectivity index (χ0v) is 19.5. The summed E-state index contributed by atoms with van der Waals surface area (Å²) in [6.45, 7) is 4.71. The smallest absolute Gasteiger partial charge is 0.228 e. The number of ether oxygens (including phenoxy) is 1. The fraction of sp³-hybridized carbons (Fsp3) is 0.417. The number of nitrogens with zero attached hydrogens (tertiary/aromatic N) is 7. The summed E-state index contributed by atoms with van der Waals surface area (Å²) in [7, 11) is 0. The van der Waals surface area contributed by atoms with Crippen LogP contribution in [0, 0.1) is 11.8 Å². The Kier molecular flexibility index (Phi) is 4.85. The van der Waals surface area contributed by atoms with Gasteiger partial charge in [0.15, 0.2) is 23.1 Å². The number of aromatic nitrogens is 6. The summed E-state index contributed by atoms with van der Waals surface area (Å²) in [5.41, 5.74) is 2.66. The Morgan fingerprint density at radius 3 is 2.89 bits per heavy atom. The number of hydrogen-bond donors (Lipinski definition) is 2. The van der Waals surface area contributed by atoms with Gasteiger partial charge in [-0.3, -0.25) is 4.79 Å². The molecule has 1 aliphatic heterocycles. The fourth-order valence-electron chi connectivity index (χ4n) is 4.38. The summed E-state index contributed by atoms with van der Waals surface area (Å²) in [6, 6.07) is 5.65. The highest BCUT2D eigenvalue weighted by atomic mass is 16.5. The second-order valence-corrected chi connectivity index (χ2v) is 8.92. The van der Waals surface area contributed by atoms with Crippen LogP contribution < -0.4 is 15.5 Å². The molecule has 0 radical (unpaired) electrons. The van der Waals surface area contributed by atoms with Crippen molar-refractivity contribution in [2.24, 2.45) is 11.8 Å². The van der Waals surface area contributed by atoms with Gasteiger partial charge in [0.1, 0.15) is 5.52 Å². The molecule has 2 N–H and O–H groups in total. The van der Waals surface area contributed by atoms with Crippen molar-refractivity contribution in [3.05, 3.63) is 30.6 Å². The molecule has 1 aliphatic carbocycles. The highest BCUT2D eigenvalue weighted by Crippen LogP contribution is 2.38. The first-order valence-electron chi connectivity index (χ1n) is 12.7. The van der Waals surface area contributed by atoms with Gasteiger partial charge in [0.25, 0.3) is 0 Å². The number of amides is 1. The third-order valence-electron chi connectivity index (χ3n) is 6.50. The van der Waals surface area contributed by atoms with E-state index in [-0.39, 0.29) is 17.6 Å². The lowest BCUT2D eigenvalue weighted by molar-refractivity contribution is -0.117. The quantitative estimate of drug-likeness (QED) is 0.433. The number of nitrogens with one attached hydrogen (secondary N) is 2. The van der Waals surface area contributed by atoms with Gasteiger partial charge in [-0.1, -0.05) is 6.92 Å². The van der Waals surface area contributed by atoms with Crippen molar-refractivity contribution in [3.63, 3.8) is 0 Å². The number of hydrogen-bond acceptors (Lipinski definition) is 9. The maximum atomic E-state index is 12.5. The minimum atomic E-state index is -1.73. The first-order chi connectivity index (χ1) is 17.7. The molecular weight excluding hydrogens is 446 g/mol. The van der Waals surface area contributed by atoms with E-state index >= 15 is 0 Å². The maximum Gasteiger partial charge on any atom is 0.228 e. The van der Waals surface area contributed by atoms with Crippen LogP contribution in [0.4, 0.5) is 17.3 Å². The number of rotatable bonds is 6. The second-order valence-electron chi connectivity index (χ2n) is 8.92.